The normalized spacial score (nSPS) is 41.1. The van der Waals surface area contributed by atoms with Gasteiger partial charge in [-0.2, -0.15) is 0 Å². The molecule has 0 N–H and O–H groups in total. The summed E-state index contributed by atoms with van der Waals surface area (Å²) in [5.74, 6) is 1.54. The van der Waals surface area contributed by atoms with Gasteiger partial charge in [-0.3, -0.25) is 0 Å². The van der Waals surface area contributed by atoms with Gasteiger partial charge in [-0.25, -0.2) is 0 Å². The molecule has 1 saturated heterocycles. The van der Waals surface area contributed by atoms with Crippen molar-refractivity contribution in [3.63, 3.8) is 0 Å². The number of nitrogens with zero attached hydrogens (tertiary/aromatic N) is 1. The number of ether oxygens (including phenoxy) is 1. The number of likely N-dealkylation sites (tertiary alicyclic amines) is 1. The molecule has 3 nitrogen and oxygen atoms in total. The summed E-state index contributed by atoms with van der Waals surface area (Å²) >= 11 is 0. The lowest BCUT2D eigenvalue weighted by molar-refractivity contribution is -0.899. The van der Waals surface area contributed by atoms with E-state index < -0.39 is 0 Å². The maximum atomic E-state index is 13.0. The summed E-state index contributed by atoms with van der Waals surface area (Å²) in [6.07, 6.45) is 7.09. The Morgan fingerprint density at radius 2 is 2.14 bits per heavy atom. The summed E-state index contributed by atoms with van der Waals surface area (Å²) in [5, 5.41) is 13.0. The predicted octanol–water partition coefficient (Wildman–Crippen LogP) is 3.40. The molecule has 0 aromatic heterocycles. The van der Waals surface area contributed by atoms with E-state index in [2.05, 4.69) is 18.2 Å². The van der Waals surface area contributed by atoms with Gasteiger partial charge in [0.05, 0.1) is 26.7 Å². The molecule has 0 amide bonds. The molecule has 3 heteroatoms. The van der Waals surface area contributed by atoms with Crippen molar-refractivity contribution in [3.05, 3.63) is 34.5 Å². The largest absolute Gasteiger partial charge is 0.633 e. The summed E-state index contributed by atoms with van der Waals surface area (Å²) in [5.41, 5.74) is 3.16. The van der Waals surface area contributed by atoms with Gasteiger partial charge in [0.2, 0.25) is 0 Å². The molecule has 0 radical (unpaired) electrons. The highest BCUT2D eigenvalue weighted by Gasteiger charge is 2.57. The Balaban J connectivity index is 1.89. The molecule has 2 bridgehead atoms. The fraction of sp³-hybridized carbons (Fsp3) is 0.667. The van der Waals surface area contributed by atoms with Crippen LogP contribution in [0.2, 0.25) is 0 Å². The van der Waals surface area contributed by atoms with Crippen LogP contribution in [0.25, 0.3) is 0 Å². The molecule has 1 aliphatic heterocycles. The van der Waals surface area contributed by atoms with Crippen LogP contribution in [-0.2, 0) is 11.8 Å². The lowest BCUT2D eigenvalue weighted by Crippen LogP contribution is -2.66. The van der Waals surface area contributed by atoms with Crippen molar-refractivity contribution >= 4 is 0 Å². The molecule has 1 heterocycles. The Morgan fingerprint density at radius 3 is 2.95 bits per heavy atom. The molecule has 4 atom stereocenters. The van der Waals surface area contributed by atoms with Crippen LogP contribution >= 0.6 is 0 Å². The van der Waals surface area contributed by atoms with Gasteiger partial charge in [-0.1, -0.05) is 18.9 Å². The van der Waals surface area contributed by atoms with Crippen LogP contribution in [0.15, 0.2) is 18.2 Å². The molecule has 114 valence electrons. The zero-order valence-electron chi connectivity index (χ0n) is 13.1. The summed E-state index contributed by atoms with van der Waals surface area (Å²) < 4.78 is 5.44. The molecule has 1 aromatic rings. The summed E-state index contributed by atoms with van der Waals surface area (Å²) in [6, 6.07) is 6.80. The highest BCUT2D eigenvalue weighted by Crippen LogP contribution is 2.57. The maximum Gasteiger partial charge on any atom is 0.119 e. The Hall–Kier alpha value is -1.06. The van der Waals surface area contributed by atoms with Gasteiger partial charge < -0.3 is 14.6 Å². The average molecular weight is 287 g/mol. The molecule has 2 fully saturated rings. The number of piperidine rings is 1. The molecular formula is C18H25NO2. The highest BCUT2D eigenvalue weighted by molar-refractivity contribution is 5.45. The Morgan fingerprint density at radius 1 is 1.29 bits per heavy atom. The van der Waals surface area contributed by atoms with E-state index in [-0.39, 0.29) is 16.1 Å². The van der Waals surface area contributed by atoms with Gasteiger partial charge >= 0.3 is 0 Å². The number of fused-ring (bicyclic) bond motifs is 1. The van der Waals surface area contributed by atoms with Gasteiger partial charge in [0.25, 0.3) is 0 Å². The van der Waals surface area contributed by atoms with Crippen molar-refractivity contribution in [1.29, 1.82) is 0 Å². The van der Waals surface area contributed by atoms with E-state index in [0.717, 1.165) is 25.1 Å². The quantitative estimate of drug-likeness (QED) is 0.586. The van der Waals surface area contributed by atoms with Crippen LogP contribution in [0.5, 0.6) is 5.75 Å². The minimum atomic E-state index is -0.0299. The Bertz CT molecular complexity index is 568. The highest BCUT2D eigenvalue weighted by atomic mass is 16.5. The zero-order chi connectivity index (χ0) is 14.7. The van der Waals surface area contributed by atoms with Crippen LogP contribution in [0.3, 0.4) is 0 Å². The third-order valence-corrected chi connectivity index (χ3v) is 6.55. The number of hydrogen-bond donors (Lipinski definition) is 0. The smallest absolute Gasteiger partial charge is 0.119 e. The molecule has 0 spiro atoms. The molecule has 1 aromatic carbocycles. The topological polar surface area (TPSA) is 32.3 Å². The number of methoxy groups -OCH3 is 1. The van der Waals surface area contributed by atoms with Gasteiger partial charge in [-0.15, -0.1) is 0 Å². The first-order valence-electron chi connectivity index (χ1n) is 8.30. The van der Waals surface area contributed by atoms with E-state index in [9.17, 15) is 5.21 Å². The molecular weight excluding hydrogens is 262 g/mol. The standard InChI is InChI=1S/C18H25NO2/c1-19(20)10-9-18-8-4-3-5-15(18)17(19)11-13-6-7-14(21-2)12-16(13)18/h6-7,12,15,17H,3-5,8-11H2,1-2H3/t15-,17+,18+,19+/m1/s1. The number of quaternary nitrogens is 1. The van der Waals surface area contributed by atoms with Crippen LogP contribution < -0.4 is 4.74 Å². The van der Waals surface area contributed by atoms with E-state index in [1.807, 2.05) is 7.05 Å². The number of rotatable bonds is 1. The van der Waals surface area contributed by atoms with Crippen LogP contribution in [0, 0.1) is 11.1 Å². The maximum absolute atomic E-state index is 13.0. The molecule has 21 heavy (non-hydrogen) atoms. The summed E-state index contributed by atoms with van der Waals surface area (Å²) in [6.45, 7) is 0.776. The van der Waals surface area contributed by atoms with E-state index in [1.165, 1.54) is 36.8 Å². The first kappa shape index (κ1) is 13.6. The predicted molar refractivity (Wildman–Crippen MR) is 83.2 cm³/mol. The first-order chi connectivity index (χ1) is 10.1. The number of benzene rings is 1. The molecule has 3 aliphatic rings. The lowest BCUT2D eigenvalue weighted by Gasteiger charge is -2.63. The lowest BCUT2D eigenvalue weighted by atomic mass is 9.52. The van der Waals surface area contributed by atoms with Crippen molar-refractivity contribution in [2.75, 3.05) is 20.7 Å². The summed E-state index contributed by atoms with van der Waals surface area (Å²) in [7, 11) is 3.65. The van der Waals surface area contributed by atoms with E-state index >= 15 is 0 Å². The summed E-state index contributed by atoms with van der Waals surface area (Å²) in [4.78, 5) is 0. The second kappa shape index (κ2) is 4.47. The zero-order valence-corrected chi connectivity index (χ0v) is 13.1. The van der Waals surface area contributed by atoms with E-state index in [1.54, 1.807) is 7.11 Å². The van der Waals surface area contributed by atoms with Gasteiger partial charge in [-0.05, 0) is 36.1 Å². The van der Waals surface area contributed by atoms with Crippen molar-refractivity contribution in [1.82, 2.24) is 0 Å². The Kier molecular flexibility index (Phi) is 2.89. The van der Waals surface area contributed by atoms with E-state index in [0.29, 0.717) is 5.92 Å². The molecule has 0 unspecified atom stereocenters. The molecule has 1 saturated carbocycles. The van der Waals surface area contributed by atoms with Gasteiger partial charge in [0.1, 0.15) is 5.75 Å². The third-order valence-electron chi connectivity index (χ3n) is 6.55. The number of hydroxylamine groups is 3. The first-order valence-corrected chi connectivity index (χ1v) is 8.30. The van der Waals surface area contributed by atoms with Crippen LogP contribution in [0.1, 0.15) is 43.2 Å². The SMILES string of the molecule is COc1ccc2c(c1)[C@]13CCCC[C@@H]1[C@H](C2)[N@@+](C)([O-])CC3. The van der Waals surface area contributed by atoms with Crippen molar-refractivity contribution in [3.8, 4) is 5.75 Å². The van der Waals surface area contributed by atoms with Crippen LogP contribution in [0.4, 0.5) is 0 Å². The van der Waals surface area contributed by atoms with Crippen molar-refractivity contribution in [2.24, 2.45) is 5.92 Å². The van der Waals surface area contributed by atoms with Gasteiger partial charge in [0, 0.05) is 24.2 Å². The van der Waals surface area contributed by atoms with Crippen molar-refractivity contribution in [2.45, 2.75) is 50.0 Å². The minimum Gasteiger partial charge on any atom is -0.633 e. The van der Waals surface area contributed by atoms with Crippen LogP contribution in [-0.4, -0.2) is 31.4 Å². The average Bonchev–Trinajstić information content (AvgIpc) is 2.51. The fourth-order valence-corrected chi connectivity index (χ4v) is 5.46. The third kappa shape index (κ3) is 1.80. The minimum absolute atomic E-state index is 0.0299. The fourth-order valence-electron chi connectivity index (χ4n) is 5.46. The van der Waals surface area contributed by atoms with Crippen molar-refractivity contribution < 1.29 is 9.38 Å². The Labute approximate surface area is 127 Å². The molecule has 2 aliphatic carbocycles. The second-order valence-electron chi connectivity index (χ2n) is 7.45. The molecule has 4 rings (SSSR count). The number of likely N-dealkylation sites (N-methyl/N-ethyl adjacent to an activating group) is 1. The number of hydrogen-bond acceptors (Lipinski definition) is 2. The van der Waals surface area contributed by atoms with Gasteiger partial charge in [0.15, 0.2) is 0 Å². The second-order valence-corrected chi connectivity index (χ2v) is 7.45. The monoisotopic (exact) mass is 287 g/mol. The van der Waals surface area contributed by atoms with E-state index in [4.69, 9.17) is 4.74 Å².